The number of aryl methyl sites for hydroxylation is 2. The van der Waals surface area contributed by atoms with E-state index in [0.29, 0.717) is 5.56 Å². The number of rotatable bonds is 2. The second-order valence-electron chi connectivity index (χ2n) is 9.55. The fourth-order valence-corrected chi connectivity index (χ4v) is 5.00. The van der Waals surface area contributed by atoms with Crippen molar-refractivity contribution in [3.8, 4) is 39.7 Å². The summed E-state index contributed by atoms with van der Waals surface area (Å²) in [6.45, 7) is 12.8. The van der Waals surface area contributed by atoms with E-state index >= 15 is 0 Å². The van der Waals surface area contributed by atoms with Crippen LogP contribution in [0.15, 0.2) is 103 Å². The van der Waals surface area contributed by atoms with Gasteiger partial charge in [0.2, 0.25) is 0 Å². The van der Waals surface area contributed by atoms with Crippen LogP contribution in [-0.2, 0) is 20.1 Å². The van der Waals surface area contributed by atoms with Gasteiger partial charge in [-0.3, -0.25) is 0 Å². The molecule has 3 heterocycles. The monoisotopic (exact) mass is 714 g/mol. The molecule has 1 aliphatic heterocycles. The largest absolute Gasteiger partial charge is 3.00 e. The van der Waals surface area contributed by atoms with Gasteiger partial charge >= 0.3 is 20.1 Å². The Balaban J connectivity index is 0.000000209. The number of nitriles is 1. The number of benzene rings is 3. The maximum Gasteiger partial charge on any atom is 3.00 e. The first-order valence-corrected chi connectivity index (χ1v) is 13.7. The van der Waals surface area contributed by atoms with Crippen molar-refractivity contribution in [1.82, 2.24) is 4.98 Å². The van der Waals surface area contributed by atoms with Gasteiger partial charge in [-0.1, -0.05) is 62.7 Å². The molecule has 1 aliphatic rings. The molecule has 6 rings (SSSR count). The minimum atomic E-state index is 0. The molecule has 3 aromatic carbocycles. The van der Waals surface area contributed by atoms with Crippen molar-refractivity contribution in [2.45, 2.75) is 41.5 Å². The van der Waals surface area contributed by atoms with Gasteiger partial charge in [0, 0.05) is 12.2 Å². The van der Waals surface area contributed by atoms with Crippen LogP contribution in [0.3, 0.4) is 0 Å². The molecule has 5 aromatic rings. The molecule has 0 saturated carbocycles. The van der Waals surface area contributed by atoms with E-state index in [9.17, 15) is 0 Å². The number of hydrogen-bond donors (Lipinski definition) is 0. The Hall–Kier alpha value is -4.16. The van der Waals surface area contributed by atoms with Crippen LogP contribution in [0.1, 0.15) is 50.1 Å². The zero-order chi connectivity index (χ0) is 28.6. The summed E-state index contributed by atoms with van der Waals surface area (Å²) < 4.78 is 2.37. The van der Waals surface area contributed by atoms with E-state index < -0.39 is 0 Å². The van der Waals surface area contributed by atoms with Crippen LogP contribution < -0.4 is 4.57 Å². The molecule has 0 saturated heterocycles. The van der Waals surface area contributed by atoms with Crippen molar-refractivity contribution in [3.63, 3.8) is 0 Å². The third-order valence-corrected chi connectivity index (χ3v) is 6.97. The van der Waals surface area contributed by atoms with Crippen LogP contribution in [-0.4, -0.2) is 4.98 Å². The van der Waals surface area contributed by atoms with E-state index in [-0.39, 0.29) is 20.1 Å². The molecule has 41 heavy (non-hydrogen) atoms. The normalized spacial score (nSPS) is 10.9. The number of nitrogens with zero attached hydrogens (tertiary/aromatic N) is 3. The predicted octanol–water partition coefficient (Wildman–Crippen LogP) is 8.73. The fourth-order valence-electron chi connectivity index (χ4n) is 5.00. The second-order valence-corrected chi connectivity index (χ2v) is 9.55. The Labute approximate surface area is 258 Å². The minimum absolute atomic E-state index is 0. The summed E-state index contributed by atoms with van der Waals surface area (Å²) >= 11 is 0. The second kappa shape index (κ2) is 14.5. The summed E-state index contributed by atoms with van der Waals surface area (Å²) in [5.74, 6) is 1.37. The molecule has 0 amide bonds. The predicted molar refractivity (Wildman–Crippen MR) is 164 cm³/mol. The first-order chi connectivity index (χ1) is 19.5. The third kappa shape index (κ3) is 6.95. The van der Waals surface area contributed by atoms with Crippen molar-refractivity contribution in [2.75, 3.05) is 0 Å². The molecule has 4 heteroatoms. The number of pyridine rings is 2. The van der Waals surface area contributed by atoms with Crippen molar-refractivity contribution in [2.24, 2.45) is 0 Å². The molecule has 0 radical (unpaired) electrons. The molecule has 0 spiro atoms. The summed E-state index contributed by atoms with van der Waals surface area (Å²) in [6.07, 6.45) is 1.78. The van der Waals surface area contributed by atoms with Gasteiger partial charge in [0.15, 0.2) is 0 Å². The molecule has 0 fully saturated rings. The van der Waals surface area contributed by atoms with Crippen LogP contribution in [0, 0.1) is 43.2 Å². The van der Waals surface area contributed by atoms with Gasteiger partial charge in [0.05, 0.1) is 23.0 Å². The topological polar surface area (TPSA) is 40.6 Å². The number of hydrogen-bond acceptors (Lipinski definition) is 2. The molecule has 0 unspecified atom stereocenters. The maximum absolute atomic E-state index is 8.83. The van der Waals surface area contributed by atoms with Gasteiger partial charge < -0.3 is 9.55 Å². The Morgan fingerprint density at radius 2 is 1.54 bits per heavy atom. The Bertz CT molecular complexity index is 1620. The zero-order valence-corrected chi connectivity index (χ0v) is 26.9. The van der Waals surface area contributed by atoms with Gasteiger partial charge in [0.25, 0.3) is 0 Å². The summed E-state index contributed by atoms with van der Waals surface area (Å²) in [5.41, 5.74) is 11.3. The van der Waals surface area contributed by atoms with Crippen LogP contribution >= 0.6 is 0 Å². The Kier molecular flexibility index (Phi) is 11.1. The number of fused-ring (bicyclic) bond motifs is 3. The molecule has 0 atom stereocenters. The van der Waals surface area contributed by atoms with Crippen molar-refractivity contribution in [1.29, 1.82) is 5.26 Å². The third-order valence-electron chi connectivity index (χ3n) is 6.97. The smallest absolute Gasteiger partial charge is 0.343 e. The molecular weight excluding hydrogens is 679 g/mol. The fraction of sp³-hybridized carbons (Fsp3) is 0.162. The van der Waals surface area contributed by atoms with Gasteiger partial charge in [-0.25, -0.2) is 0 Å². The quantitative estimate of drug-likeness (QED) is 0.136. The first kappa shape index (κ1) is 31.4. The van der Waals surface area contributed by atoms with E-state index in [4.69, 9.17) is 5.26 Å². The molecule has 0 N–H and O–H groups in total. The van der Waals surface area contributed by atoms with Gasteiger partial charge in [0.1, 0.15) is 0 Å². The molecular formula is C37H35IrN3+. The van der Waals surface area contributed by atoms with E-state index in [0.717, 1.165) is 22.4 Å². The maximum atomic E-state index is 8.83. The van der Waals surface area contributed by atoms with Crippen molar-refractivity contribution >= 4 is 0 Å². The molecule has 2 aromatic heterocycles. The number of aromatic nitrogens is 2. The minimum Gasteiger partial charge on any atom is -0.343 e. The molecule has 3 nitrogen and oxygen atoms in total. The summed E-state index contributed by atoms with van der Waals surface area (Å²) in [6, 6.07) is 39.2. The van der Waals surface area contributed by atoms with E-state index in [1.807, 2.05) is 68.4 Å². The average molecular weight is 714 g/mol. The van der Waals surface area contributed by atoms with Crippen LogP contribution in [0.5, 0.6) is 0 Å². The van der Waals surface area contributed by atoms with Crippen LogP contribution in [0.25, 0.3) is 33.6 Å². The molecule has 206 valence electrons. The standard InChI is InChI=1S/C18H11N2.C17H18N.C2H6.Ir/c19-13-14-7-9-15(10-8-14)16-4-3-5-17(12-16)18-6-1-2-11-20-18;1-11-9-12(2)18-14(4)13(3)15-7-5-6-8-16(15)17(18)10-11;1-2;/h1-4,6-12H;5-10H,1-4H3;1-2H3;/q2*-1;;+3. The van der Waals surface area contributed by atoms with Gasteiger partial charge in [-0.2, -0.15) is 16.9 Å². The van der Waals surface area contributed by atoms with Gasteiger partial charge in [-0.15, -0.1) is 59.0 Å². The Morgan fingerprint density at radius 3 is 2.22 bits per heavy atom. The van der Waals surface area contributed by atoms with E-state index in [2.05, 4.69) is 91.8 Å². The van der Waals surface area contributed by atoms with Gasteiger partial charge in [-0.05, 0) is 56.3 Å². The van der Waals surface area contributed by atoms with E-state index in [1.165, 1.54) is 40.0 Å². The average Bonchev–Trinajstić information content (AvgIpc) is 3.01. The first-order valence-electron chi connectivity index (χ1n) is 13.7. The molecule has 0 aliphatic carbocycles. The summed E-state index contributed by atoms with van der Waals surface area (Å²) in [5, 5.41) is 8.83. The summed E-state index contributed by atoms with van der Waals surface area (Å²) in [7, 11) is 0. The molecule has 0 bridgehead atoms. The SMILES string of the molecule is CC.Cc1cc(C)[n+]2c(c1)-c1ccccc1[C-](C)[C-]2C.N#Cc1ccc(-c2cc[c-]c(-c3ccccn3)c2)cc1.[Ir+3]. The van der Waals surface area contributed by atoms with E-state index in [1.54, 1.807) is 6.20 Å². The van der Waals surface area contributed by atoms with Crippen molar-refractivity contribution in [3.05, 3.63) is 144 Å². The summed E-state index contributed by atoms with van der Waals surface area (Å²) in [4.78, 5) is 4.34. The van der Waals surface area contributed by atoms with Crippen molar-refractivity contribution < 1.29 is 24.7 Å². The van der Waals surface area contributed by atoms with Crippen LogP contribution in [0.2, 0.25) is 0 Å². The Morgan fingerprint density at radius 1 is 0.829 bits per heavy atom. The van der Waals surface area contributed by atoms with Crippen LogP contribution in [0.4, 0.5) is 0 Å². The zero-order valence-electron chi connectivity index (χ0n) is 24.5.